The molecule has 0 saturated carbocycles. The Morgan fingerprint density at radius 1 is 1.13 bits per heavy atom. The van der Waals surface area contributed by atoms with E-state index < -0.39 is 29.3 Å². The predicted molar refractivity (Wildman–Crippen MR) is 131 cm³/mol. The average Bonchev–Trinajstić information content (AvgIpc) is 3.23. The van der Waals surface area contributed by atoms with Crippen LogP contribution in [0.4, 0.5) is 24.8 Å². The molecule has 0 aliphatic rings. The number of carbonyl (C=O) groups is 2. The number of halogens is 3. The molecule has 13 heteroatoms. The summed E-state index contributed by atoms with van der Waals surface area (Å²) in [6.07, 6.45) is 0.756. The first-order valence-electron chi connectivity index (χ1n) is 11.3. The number of nitrogens with two attached hydrogens (primary N) is 1. The number of aromatic nitrogens is 4. The van der Waals surface area contributed by atoms with Gasteiger partial charge >= 0.3 is 6.36 Å². The molecule has 0 fully saturated rings. The van der Waals surface area contributed by atoms with E-state index in [0.29, 0.717) is 16.6 Å². The summed E-state index contributed by atoms with van der Waals surface area (Å²) in [5.74, 6) is -1.27. The molecule has 1 amide bonds. The van der Waals surface area contributed by atoms with Gasteiger partial charge < -0.3 is 25.5 Å². The molecule has 3 heterocycles. The fourth-order valence-corrected chi connectivity index (χ4v) is 3.73. The zero-order valence-corrected chi connectivity index (χ0v) is 20.3. The first kappa shape index (κ1) is 26.5. The Labute approximate surface area is 214 Å². The summed E-state index contributed by atoms with van der Waals surface area (Å²) in [5.41, 5.74) is 6.47. The van der Waals surface area contributed by atoms with Crippen LogP contribution in [0, 0.1) is 0 Å². The van der Waals surface area contributed by atoms with Crippen LogP contribution in [0.15, 0.2) is 55.1 Å². The number of amides is 1. The van der Waals surface area contributed by atoms with Crippen LogP contribution in [0.1, 0.15) is 35.3 Å². The number of nitrogen functional groups attached to an aromatic ring is 1. The van der Waals surface area contributed by atoms with Crippen LogP contribution < -0.4 is 15.8 Å². The third kappa shape index (κ3) is 5.89. The largest absolute Gasteiger partial charge is 0.573 e. The molecule has 3 aromatic heterocycles. The van der Waals surface area contributed by atoms with Crippen molar-refractivity contribution in [2.24, 2.45) is 0 Å². The van der Waals surface area contributed by atoms with E-state index in [9.17, 15) is 27.9 Å². The van der Waals surface area contributed by atoms with E-state index in [1.54, 1.807) is 24.6 Å². The Morgan fingerprint density at radius 3 is 2.50 bits per heavy atom. The van der Waals surface area contributed by atoms with Crippen molar-refractivity contribution in [2.45, 2.75) is 32.2 Å². The Morgan fingerprint density at radius 2 is 1.84 bits per heavy atom. The molecule has 198 valence electrons. The molecule has 4 N–H and O–H groups in total. The number of anilines is 2. The molecular weight excluding hydrogens is 505 g/mol. The van der Waals surface area contributed by atoms with E-state index in [2.05, 4.69) is 25.0 Å². The van der Waals surface area contributed by atoms with Crippen molar-refractivity contribution in [3.63, 3.8) is 0 Å². The third-order valence-electron chi connectivity index (χ3n) is 5.65. The van der Waals surface area contributed by atoms with Gasteiger partial charge in [-0.1, -0.05) is 12.1 Å². The molecule has 10 nitrogen and oxygen atoms in total. The van der Waals surface area contributed by atoms with Crippen LogP contribution in [-0.4, -0.2) is 49.3 Å². The number of nitrogens with one attached hydrogen (secondary N) is 1. The number of carbonyl (C=O) groups excluding carboxylic acids is 2. The minimum atomic E-state index is -4.81. The highest BCUT2D eigenvalue weighted by molar-refractivity contribution is 6.16. The molecule has 4 rings (SSSR count). The van der Waals surface area contributed by atoms with Gasteiger partial charge in [-0.15, -0.1) is 13.2 Å². The van der Waals surface area contributed by atoms with Gasteiger partial charge in [0.25, 0.3) is 0 Å². The standard InChI is InChI=1S/C25H23F3N6O4/c1-24(2,13-35)34-12-19(18-11-31-23(29)33-22(18)34)21(37)15-8-16(10-30-9-15)32-20(36)7-14-3-5-17(6-4-14)38-25(26,27)28/h3-6,8-12,35H,7,13H2,1-2H3,(H,32,36)(H2,29,31,33). The smallest absolute Gasteiger partial charge is 0.406 e. The third-order valence-corrected chi connectivity index (χ3v) is 5.65. The highest BCUT2D eigenvalue weighted by Crippen LogP contribution is 2.29. The lowest BCUT2D eigenvalue weighted by atomic mass is 10.1. The Kier molecular flexibility index (Phi) is 7.05. The quantitative estimate of drug-likeness (QED) is 0.295. The molecule has 4 aromatic rings. The fraction of sp³-hybridized carbons (Fsp3) is 0.240. The summed E-state index contributed by atoms with van der Waals surface area (Å²) in [6.45, 7) is 3.32. The van der Waals surface area contributed by atoms with Crippen LogP contribution in [-0.2, 0) is 16.8 Å². The van der Waals surface area contributed by atoms with E-state index in [-0.39, 0.29) is 35.8 Å². The molecule has 0 unspecified atom stereocenters. The van der Waals surface area contributed by atoms with Gasteiger partial charge in [0.2, 0.25) is 11.9 Å². The Hall–Kier alpha value is -4.52. The van der Waals surface area contributed by atoms with Crippen LogP contribution >= 0.6 is 0 Å². The van der Waals surface area contributed by atoms with Gasteiger partial charge in [-0.05, 0) is 37.6 Å². The van der Waals surface area contributed by atoms with Gasteiger partial charge in [-0.25, -0.2) is 4.98 Å². The summed E-state index contributed by atoms with van der Waals surface area (Å²) < 4.78 is 42.4. The van der Waals surface area contributed by atoms with Crippen molar-refractivity contribution in [3.8, 4) is 5.75 Å². The van der Waals surface area contributed by atoms with Gasteiger partial charge in [0.15, 0.2) is 5.78 Å². The number of nitrogens with zero attached hydrogens (tertiary/aromatic N) is 4. The van der Waals surface area contributed by atoms with Gasteiger partial charge in [-0.3, -0.25) is 14.6 Å². The number of fused-ring (bicyclic) bond motifs is 1. The summed E-state index contributed by atoms with van der Waals surface area (Å²) in [5, 5.41) is 12.9. The van der Waals surface area contributed by atoms with Gasteiger partial charge in [-0.2, -0.15) is 4.98 Å². The highest BCUT2D eigenvalue weighted by atomic mass is 19.4. The van der Waals surface area contributed by atoms with E-state index in [1.807, 2.05) is 0 Å². The van der Waals surface area contributed by atoms with E-state index in [0.717, 1.165) is 12.1 Å². The number of hydrogen-bond acceptors (Lipinski definition) is 8. The molecule has 1 aromatic carbocycles. The van der Waals surface area contributed by atoms with Crippen LogP contribution in [0.5, 0.6) is 5.75 Å². The number of hydrogen-bond donors (Lipinski definition) is 3. The number of aliphatic hydroxyl groups is 1. The van der Waals surface area contributed by atoms with Crippen molar-refractivity contribution >= 4 is 34.4 Å². The number of ketones is 1. The summed E-state index contributed by atoms with van der Waals surface area (Å²) >= 11 is 0. The predicted octanol–water partition coefficient (Wildman–Crippen LogP) is 3.45. The van der Waals surface area contributed by atoms with Gasteiger partial charge in [0.05, 0.1) is 36.0 Å². The molecule has 38 heavy (non-hydrogen) atoms. The second-order valence-electron chi connectivity index (χ2n) is 9.06. The van der Waals surface area contributed by atoms with E-state index in [1.165, 1.54) is 36.8 Å². The second-order valence-corrected chi connectivity index (χ2v) is 9.06. The summed E-state index contributed by atoms with van der Waals surface area (Å²) in [6, 6.07) is 6.37. The van der Waals surface area contributed by atoms with Gasteiger partial charge in [0.1, 0.15) is 11.4 Å². The Bertz CT molecular complexity index is 1500. The maximum Gasteiger partial charge on any atom is 0.573 e. The summed E-state index contributed by atoms with van der Waals surface area (Å²) in [7, 11) is 0. The fourth-order valence-electron chi connectivity index (χ4n) is 3.73. The van der Waals surface area contributed by atoms with Crippen molar-refractivity contribution in [3.05, 3.63) is 71.8 Å². The maximum atomic E-state index is 13.4. The number of pyridine rings is 1. The minimum Gasteiger partial charge on any atom is -0.406 e. The van der Waals surface area contributed by atoms with Crippen molar-refractivity contribution in [1.29, 1.82) is 0 Å². The highest BCUT2D eigenvalue weighted by Gasteiger charge is 2.31. The molecule has 0 aliphatic heterocycles. The zero-order chi connectivity index (χ0) is 27.7. The average molecular weight is 528 g/mol. The van der Waals surface area contributed by atoms with Crippen molar-refractivity contribution < 1.29 is 32.6 Å². The lowest BCUT2D eigenvalue weighted by molar-refractivity contribution is -0.274. The Balaban J connectivity index is 1.53. The number of rotatable bonds is 8. The van der Waals surface area contributed by atoms with E-state index >= 15 is 0 Å². The molecular formula is C25H23F3N6O4. The monoisotopic (exact) mass is 528 g/mol. The first-order valence-corrected chi connectivity index (χ1v) is 11.3. The molecule has 0 bridgehead atoms. The maximum absolute atomic E-state index is 13.4. The van der Waals surface area contributed by atoms with Crippen LogP contribution in [0.25, 0.3) is 11.0 Å². The van der Waals surface area contributed by atoms with Crippen molar-refractivity contribution in [1.82, 2.24) is 19.5 Å². The lowest BCUT2D eigenvalue weighted by Gasteiger charge is -2.24. The lowest BCUT2D eigenvalue weighted by Crippen LogP contribution is -2.30. The molecule has 0 radical (unpaired) electrons. The number of ether oxygens (including phenoxy) is 1. The number of aliphatic hydroxyl groups excluding tert-OH is 1. The van der Waals surface area contributed by atoms with Gasteiger partial charge in [0, 0.05) is 29.5 Å². The van der Waals surface area contributed by atoms with E-state index in [4.69, 9.17) is 5.73 Å². The minimum absolute atomic E-state index is 0.0125. The summed E-state index contributed by atoms with van der Waals surface area (Å²) in [4.78, 5) is 38.2. The topological polar surface area (TPSA) is 145 Å². The molecule has 0 spiro atoms. The van der Waals surface area contributed by atoms with Crippen LogP contribution in [0.2, 0.25) is 0 Å². The van der Waals surface area contributed by atoms with Crippen LogP contribution in [0.3, 0.4) is 0 Å². The second kappa shape index (κ2) is 10.1. The number of benzene rings is 1. The SMILES string of the molecule is CC(C)(CO)n1cc(C(=O)c2cncc(NC(=O)Cc3ccc(OC(F)(F)F)cc3)c2)c2cnc(N)nc21. The number of alkyl halides is 3. The van der Waals surface area contributed by atoms with Crippen molar-refractivity contribution in [2.75, 3.05) is 17.7 Å². The normalized spacial score (nSPS) is 11.9. The first-order chi connectivity index (χ1) is 17.9. The molecule has 0 aliphatic carbocycles. The molecule has 0 saturated heterocycles. The zero-order valence-electron chi connectivity index (χ0n) is 20.3. The molecule has 0 atom stereocenters.